The molecule has 0 saturated heterocycles. The second kappa shape index (κ2) is 16.9. The molecular weight excluding hydrogens is 935 g/mol. The Balaban J connectivity index is 0.818. The van der Waals surface area contributed by atoms with E-state index in [0.29, 0.717) is 0 Å². The van der Waals surface area contributed by atoms with E-state index in [0.717, 1.165) is 64.0 Å². The molecule has 3 heteroatoms. The summed E-state index contributed by atoms with van der Waals surface area (Å²) < 4.78 is 13.2. The predicted molar refractivity (Wildman–Crippen MR) is 313 cm³/mol. The molecule has 0 aromatic heterocycles. The van der Waals surface area contributed by atoms with Crippen LogP contribution in [0.1, 0.15) is 62.9 Å². The molecule has 0 amide bonds. The van der Waals surface area contributed by atoms with Gasteiger partial charge in [-0.05, 0) is 152 Å². The average Bonchev–Trinajstić information content (AvgIpc) is 4.18. The number of anilines is 3. The van der Waals surface area contributed by atoms with Gasteiger partial charge >= 0.3 is 0 Å². The third-order valence-corrected chi connectivity index (χ3v) is 17.0. The zero-order valence-electron chi connectivity index (χ0n) is 42.2. The standard InChI is InChI=1S/C74H49NO2/c1-2-19-49(20-3-1)55-23-6-13-32-68(55)75(53-41-37-48(38-42-53)51-39-43-62-58(46-51)56-24-4-7-26-60(56)73(62)64-28-9-14-33-69(64)76-70-34-15-10-29-65(70)73)54-22-18-21-50(45-54)52-40-44-63-59(47-52)57-25-5-8-27-61(57)74(63)66-30-11-16-35-71(66)77-72-36-17-12-31-67(72)74/h2,4-47H,1,3H2. The second-order valence-electron chi connectivity index (χ2n) is 20.9. The molecule has 16 rings (SSSR count). The van der Waals surface area contributed by atoms with Crippen molar-refractivity contribution in [3.8, 4) is 67.5 Å². The maximum absolute atomic E-state index is 6.62. The summed E-state index contributed by atoms with van der Waals surface area (Å²) in [6.07, 6.45) is 9.06. The summed E-state index contributed by atoms with van der Waals surface area (Å²) in [5.74, 6) is 3.61. The third kappa shape index (κ3) is 6.26. The minimum atomic E-state index is -0.512. The maximum Gasteiger partial charge on any atom is 0.132 e. The summed E-state index contributed by atoms with van der Waals surface area (Å²) in [5.41, 5.74) is 24.2. The van der Waals surface area contributed by atoms with Crippen molar-refractivity contribution in [3.63, 3.8) is 0 Å². The smallest absolute Gasteiger partial charge is 0.132 e. The van der Waals surface area contributed by atoms with Gasteiger partial charge in [-0.15, -0.1) is 0 Å². The quantitative estimate of drug-likeness (QED) is 0.166. The minimum absolute atomic E-state index is 0.499. The molecule has 3 aliphatic carbocycles. The van der Waals surface area contributed by atoms with E-state index < -0.39 is 10.8 Å². The minimum Gasteiger partial charge on any atom is -0.457 e. The number of fused-ring (bicyclic) bond motifs is 18. The van der Waals surface area contributed by atoms with Crippen LogP contribution in [0.15, 0.2) is 273 Å². The van der Waals surface area contributed by atoms with Gasteiger partial charge in [0.1, 0.15) is 23.0 Å². The van der Waals surface area contributed by atoms with Gasteiger partial charge in [0, 0.05) is 39.2 Å². The van der Waals surface area contributed by atoms with E-state index in [2.05, 4.69) is 278 Å². The Kier molecular flexibility index (Phi) is 9.59. The first-order valence-corrected chi connectivity index (χ1v) is 26.9. The van der Waals surface area contributed by atoms with E-state index in [9.17, 15) is 0 Å². The molecular formula is C74H49NO2. The molecule has 11 aromatic rings. The fraction of sp³-hybridized carbons (Fsp3) is 0.0541. The van der Waals surface area contributed by atoms with Gasteiger partial charge in [0.05, 0.1) is 16.5 Å². The van der Waals surface area contributed by atoms with Gasteiger partial charge in [0.25, 0.3) is 0 Å². The lowest BCUT2D eigenvalue weighted by Crippen LogP contribution is -2.32. The molecule has 2 heterocycles. The number of ether oxygens (including phenoxy) is 2. The van der Waals surface area contributed by atoms with Crippen molar-refractivity contribution in [3.05, 3.63) is 323 Å². The fourth-order valence-electron chi connectivity index (χ4n) is 13.9. The van der Waals surface area contributed by atoms with Gasteiger partial charge in [-0.1, -0.05) is 206 Å². The highest BCUT2D eigenvalue weighted by Crippen LogP contribution is 2.64. The summed E-state index contributed by atoms with van der Waals surface area (Å²) in [6.45, 7) is 0. The number of hydrogen-bond acceptors (Lipinski definition) is 3. The van der Waals surface area contributed by atoms with Crippen LogP contribution in [0.25, 0.3) is 50.1 Å². The number of para-hydroxylation sites is 5. The second-order valence-corrected chi connectivity index (χ2v) is 20.9. The molecule has 0 unspecified atom stereocenters. The molecule has 0 bridgehead atoms. The fourth-order valence-corrected chi connectivity index (χ4v) is 13.9. The molecule has 0 N–H and O–H groups in total. The van der Waals surface area contributed by atoms with Crippen LogP contribution in [0.5, 0.6) is 23.0 Å². The highest BCUT2D eigenvalue weighted by molar-refractivity contribution is 5.95. The number of allylic oxidation sites excluding steroid dienone is 4. The Morgan fingerprint density at radius 2 is 0.727 bits per heavy atom. The zero-order valence-corrected chi connectivity index (χ0v) is 42.2. The summed E-state index contributed by atoms with van der Waals surface area (Å²) >= 11 is 0. The van der Waals surface area contributed by atoms with Gasteiger partial charge in [0.15, 0.2) is 0 Å². The molecule has 11 aromatic carbocycles. The van der Waals surface area contributed by atoms with Gasteiger partial charge in [0.2, 0.25) is 0 Å². The summed E-state index contributed by atoms with van der Waals surface area (Å²) in [5, 5.41) is 0. The Hall–Kier alpha value is -9.70. The van der Waals surface area contributed by atoms with E-state index in [4.69, 9.17) is 9.47 Å². The molecule has 77 heavy (non-hydrogen) atoms. The predicted octanol–water partition coefficient (Wildman–Crippen LogP) is 19.2. The van der Waals surface area contributed by atoms with Gasteiger partial charge in [-0.25, -0.2) is 0 Å². The van der Waals surface area contributed by atoms with Crippen molar-refractivity contribution in [2.75, 3.05) is 4.90 Å². The number of benzene rings is 11. The molecule has 0 atom stereocenters. The van der Waals surface area contributed by atoms with Crippen molar-refractivity contribution in [1.82, 2.24) is 0 Å². The highest BCUT2D eigenvalue weighted by atomic mass is 16.5. The van der Waals surface area contributed by atoms with E-state index in [1.807, 2.05) is 0 Å². The number of nitrogens with zero attached hydrogens (tertiary/aromatic N) is 1. The molecule has 3 nitrogen and oxygen atoms in total. The maximum atomic E-state index is 6.62. The first kappa shape index (κ1) is 43.7. The normalized spacial score (nSPS) is 14.8. The molecule has 2 spiro atoms. The van der Waals surface area contributed by atoms with Crippen molar-refractivity contribution < 1.29 is 9.47 Å². The van der Waals surface area contributed by atoms with Crippen LogP contribution < -0.4 is 14.4 Å². The summed E-state index contributed by atoms with van der Waals surface area (Å²) in [4.78, 5) is 2.45. The van der Waals surface area contributed by atoms with Crippen LogP contribution in [0.3, 0.4) is 0 Å². The van der Waals surface area contributed by atoms with Crippen LogP contribution in [0, 0.1) is 0 Å². The molecule has 0 radical (unpaired) electrons. The Labute approximate surface area is 449 Å². The number of rotatable bonds is 6. The lowest BCUT2D eigenvalue weighted by molar-refractivity contribution is 0.436. The average molecular weight is 984 g/mol. The van der Waals surface area contributed by atoms with Crippen LogP contribution in [0.4, 0.5) is 17.1 Å². The summed E-state index contributed by atoms with van der Waals surface area (Å²) in [6, 6.07) is 93.6. The first-order valence-electron chi connectivity index (χ1n) is 26.9. The van der Waals surface area contributed by atoms with Gasteiger partial charge in [-0.2, -0.15) is 0 Å². The van der Waals surface area contributed by atoms with Gasteiger partial charge in [-0.3, -0.25) is 0 Å². The van der Waals surface area contributed by atoms with Crippen LogP contribution >= 0.6 is 0 Å². The summed E-state index contributed by atoms with van der Waals surface area (Å²) in [7, 11) is 0. The Morgan fingerprint density at radius 3 is 1.25 bits per heavy atom. The van der Waals surface area contributed by atoms with Crippen molar-refractivity contribution >= 4 is 22.6 Å². The first-order chi connectivity index (χ1) is 38.2. The van der Waals surface area contributed by atoms with Crippen LogP contribution in [-0.4, -0.2) is 0 Å². The molecule has 5 aliphatic rings. The van der Waals surface area contributed by atoms with Crippen molar-refractivity contribution in [2.45, 2.75) is 23.7 Å². The lowest BCUT2D eigenvalue weighted by atomic mass is 9.66. The monoisotopic (exact) mass is 983 g/mol. The topological polar surface area (TPSA) is 21.7 Å². The largest absolute Gasteiger partial charge is 0.457 e. The Morgan fingerprint density at radius 1 is 0.299 bits per heavy atom. The van der Waals surface area contributed by atoms with E-state index in [1.54, 1.807) is 0 Å². The zero-order chi connectivity index (χ0) is 50.7. The molecule has 0 fully saturated rings. The van der Waals surface area contributed by atoms with E-state index in [-0.39, 0.29) is 0 Å². The highest BCUT2D eigenvalue weighted by Gasteiger charge is 2.52. The molecule has 362 valence electrons. The van der Waals surface area contributed by atoms with Crippen molar-refractivity contribution in [1.29, 1.82) is 0 Å². The van der Waals surface area contributed by atoms with Gasteiger partial charge < -0.3 is 14.4 Å². The van der Waals surface area contributed by atoms with E-state index in [1.165, 1.54) is 89.0 Å². The van der Waals surface area contributed by atoms with Crippen molar-refractivity contribution in [2.24, 2.45) is 0 Å². The van der Waals surface area contributed by atoms with Crippen LogP contribution in [0.2, 0.25) is 0 Å². The number of hydrogen-bond donors (Lipinski definition) is 0. The van der Waals surface area contributed by atoms with Crippen LogP contribution in [-0.2, 0) is 10.8 Å². The van der Waals surface area contributed by atoms with E-state index >= 15 is 0 Å². The molecule has 2 aliphatic heterocycles. The molecule has 0 saturated carbocycles. The Bertz CT molecular complexity index is 4220. The SMILES string of the molecule is C1=CC(c2ccccc2N(c2ccc(-c3ccc4c(c3)-c3ccccc3C43c4ccccc4Oc4ccccc43)cc2)c2cccc(-c3ccc4c(c3)-c3ccccc3C43c4ccccc4Oc4ccccc43)c2)=CCC1. The lowest BCUT2D eigenvalue weighted by Gasteiger charge is -2.39. The third-order valence-electron chi connectivity index (χ3n) is 17.0.